The van der Waals surface area contributed by atoms with Crippen molar-refractivity contribution in [3.63, 3.8) is 0 Å². The van der Waals surface area contributed by atoms with Gasteiger partial charge in [-0.15, -0.1) is 0 Å². The highest BCUT2D eigenvalue weighted by molar-refractivity contribution is 6.35. The molecule has 0 spiro atoms. The highest BCUT2D eigenvalue weighted by Crippen LogP contribution is 2.37. The van der Waals surface area contributed by atoms with Crippen molar-refractivity contribution in [2.45, 2.75) is 12.5 Å². The number of carbonyl (C=O) groups excluding carboxylic acids is 1. The van der Waals surface area contributed by atoms with E-state index in [4.69, 9.17) is 32.7 Å². The number of pyridine rings is 1. The molecule has 0 unspecified atom stereocenters. The molecule has 1 aromatic heterocycles. The molecule has 1 aliphatic heterocycles. The van der Waals surface area contributed by atoms with Gasteiger partial charge in [0.2, 0.25) is 0 Å². The molecule has 0 saturated carbocycles. The number of ether oxygens (including phenoxy) is 2. The zero-order valence-corrected chi connectivity index (χ0v) is 19.3. The van der Waals surface area contributed by atoms with Crippen LogP contribution in [0, 0.1) is 0 Å². The second-order valence-electron chi connectivity index (χ2n) is 7.77. The normalized spacial score (nSPS) is 14.9. The largest absolute Gasteiger partial charge is 0.495 e. The van der Waals surface area contributed by atoms with Crippen molar-refractivity contribution in [2.75, 3.05) is 13.7 Å². The van der Waals surface area contributed by atoms with Gasteiger partial charge in [0, 0.05) is 39.2 Å². The van der Waals surface area contributed by atoms with E-state index in [1.165, 1.54) is 0 Å². The first-order chi connectivity index (χ1) is 16.0. The number of fused-ring (bicyclic) bond motifs is 2. The Balaban J connectivity index is 1.54. The fourth-order valence-corrected chi connectivity index (χ4v) is 4.78. The van der Waals surface area contributed by atoms with Crippen LogP contribution in [-0.2, 0) is 0 Å². The monoisotopic (exact) mass is 478 g/mol. The molecule has 166 valence electrons. The Hall–Kier alpha value is -3.28. The summed E-state index contributed by atoms with van der Waals surface area (Å²) in [5.74, 6) is 1.01. The van der Waals surface area contributed by atoms with Crippen LogP contribution in [0.3, 0.4) is 0 Å². The SMILES string of the molecule is COc1c(C(=O)N[C@H]2CCOc3ccccc32)cnc2c(-c3cc(Cl)cc(Cl)c3)cccc12. The first-order valence-electron chi connectivity index (χ1n) is 10.5. The molecule has 5 nitrogen and oxygen atoms in total. The van der Waals surface area contributed by atoms with Gasteiger partial charge in [-0.3, -0.25) is 9.78 Å². The van der Waals surface area contributed by atoms with Gasteiger partial charge in [0.05, 0.1) is 25.3 Å². The van der Waals surface area contributed by atoms with Crippen molar-refractivity contribution in [2.24, 2.45) is 0 Å². The van der Waals surface area contributed by atoms with Crippen LogP contribution in [0.2, 0.25) is 10.0 Å². The zero-order valence-electron chi connectivity index (χ0n) is 17.8. The fraction of sp³-hybridized carbons (Fsp3) is 0.154. The number of nitrogens with zero attached hydrogens (tertiary/aromatic N) is 1. The van der Waals surface area contributed by atoms with Gasteiger partial charge in [-0.25, -0.2) is 0 Å². The van der Waals surface area contributed by atoms with E-state index in [-0.39, 0.29) is 11.9 Å². The number of nitrogens with one attached hydrogen (secondary N) is 1. The number of halogens is 2. The maximum absolute atomic E-state index is 13.3. The molecule has 1 aliphatic rings. The Labute approximate surface area is 201 Å². The molecule has 2 heterocycles. The minimum atomic E-state index is -0.251. The number of hydrogen-bond acceptors (Lipinski definition) is 4. The van der Waals surface area contributed by atoms with Crippen molar-refractivity contribution in [1.29, 1.82) is 0 Å². The lowest BCUT2D eigenvalue weighted by atomic mass is 9.99. The quantitative estimate of drug-likeness (QED) is 0.365. The average molecular weight is 479 g/mol. The van der Waals surface area contributed by atoms with Crippen LogP contribution in [0.5, 0.6) is 11.5 Å². The predicted molar refractivity (Wildman–Crippen MR) is 131 cm³/mol. The molecule has 1 amide bonds. The zero-order chi connectivity index (χ0) is 22.9. The van der Waals surface area contributed by atoms with Gasteiger partial charge in [0.15, 0.2) is 0 Å². The van der Waals surface area contributed by atoms with E-state index in [2.05, 4.69) is 10.3 Å². The van der Waals surface area contributed by atoms with Crippen molar-refractivity contribution in [3.8, 4) is 22.6 Å². The lowest BCUT2D eigenvalue weighted by Crippen LogP contribution is -2.32. The predicted octanol–water partition coefficient (Wildman–Crippen LogP) is 6.47. The Morgan fingerprint density at radius 1 is 1.09 bits per heavy atom. The summed E-state index contributed by atoms with van der Waals surface area (Å²) in [6.07, 6.45) is 2.24. The topological polar surface area (TPSA) is 60.5 Å². The van der Waals surface area contributed by atoms with Crippen LogP contribution in [0.1, 0.15) is 28.4 Å². The lowest BCUT2D eigenvalue weighted by Gasteiger charge is -2.27. The second-order valence-corrected chi connectivity index (χ2v) is 8.64. The van der Waals surface area contributed by atoms with Gasteiger partial charge < -0.3 is 14.8 Å². The maximum atomic E-state index is 13.3. The molecule has 3 aromatic carbocycles. The number of benzene rings is 3. The molecule has 0 radical (unpaired) electrons. The van der Waals surface area contributed by atoms with Crippen molar-refractivity contribution in [1.82, 2.24) is 10.3 Å². The Kier molecular flexibility index (Phi) is 5.83. The van der Waals surface area contributed by atoms with Gasteiger partial charge in [-0.2, -0.15) is 0 Å². The molecule has 33 heavy (non-hydrogen) atoms. The lowest BCUT2D eigenvalue weighted by molar-refractivity contribution is 0.0921. The van der Waals surface area contributed by atoms with Crippen molar-refractivity contribution in [3.05, 3.63) is 88.0 Å². The number of carbonyl (C=O) groups is 1. The van der Waals surface area contributed by atoms with E-state index in [9.17, 15) is 4.79 Å². The van der Waals surface area contributed by atoms with E-state index in [1.807, 2.05) is 54.6 Å². The molecule has 0 saturated heterocycles. The minimum absolute atomic E-state index is 0.150. The molecule has 0 bridgehead atoms. The molecular weight excluding hydrogens is 459 g/mol. The Morgan fingerprint density at radius 3 is 2.67 bits per heavy atom. The Bertz CT molecular complexity index is 1350. The highest BCUT2D eigenvalue weighted by atomic mass is 35.5. The molecule has 1 atom stereocenters. The van der Waals surface area contributed by atoms with E-state index in [1.54, 1.807) is 19.4 Å². The summed E-state index contributed by atoms with van der Waals surface area (Å²) >= 11 is 12.4. The molecule has 0 fully saturated rings. The van der Waals surface area contributed by atoms with Crippen LogP contribution in [-0.4, -0.2) is 24.6 Å². The third-order valence-electron chi connectivity index (χ3n) is 5.73. The summed E-state index contributed by atoms with van der Waals surface area (Å²) in [5, 5.41) is 4.92. The van der Waals surface area contributed by atoms with Gasteiger partial charge >= 0.3 is 0 Å². The van der Waals surface area contributed by atoms with Crippen LogP contribution in [0.25, 0.3) is 22.0 Å². The first kappa shape index (κ1) is 21.6. The van der Waals surface area contributed by atoms with E-state index < -0.39 is 0 Å². The molecule has 5 rings (SSSR count). The van der Waals surface area contributed by atoms with E-state index in [0.717, 1.165) is 27.8 Å². The molecule has 1 N–H and O–H groups in total. The number of rotatable bonds is 4. The fourth-order valence-electron chi connectivity index (χ4n) is 4.25. The summed E-state index contributed by atoms with van der Waals surface area (Å²) in [6, 6.07) is 18.7. The number of amides is 1. The standard InChI is InChI=1S/C26H20Cl2N2O3/c1-32-25-20-7-4-6-18(15-11-16(27)13-17(28)12-15)24(20)29-14-21(25)26(31)30-22-9-10-33-23-8-3-2-5-19(22)23/h2-8,11-14,22H,9-10H2,1H3,(H,30,31)/t22-/m0/s1. The van der Waals surface area contributed by atoms with E-state index >= 15 is 0 Å². The highest BCUT2D eigenvalue weighted by Gasteiger charge is 2.25. The second kappa shape index (κ2) is 8.93. The van der Waals surface area contributed by atoms with Crippen molar-refractivity contribution >= 4 is 40.0 Å². The summed E-state index contributed by atoms with van der Waals surface area (Å²) < 4.78 is 11.4. The number of methoxy groups -OCH3 is 1. The van der Waals surface area contributed by atoms with Gasteiger partial charge in [0.25, 0.3) is 5.91 Å². The van der Waals surface area contributed by atoms with Crippen LogP contribution in [0.4, 0.5) is 0 Å². The number of para-hydroxylation sites is 2. The summed E-state index contributed by atoms with van der Waals surface area (Å²) in [4.78, 5) is 17.9. The minimum Gasteiger partial charge on any atom is -0.495 e. The summed E-state index contributed by atoms with van der Waals surface area (Å²) in [5.41, 5.74) is 3.71. The van der Waals surface area contributed by atoms with Crippen molar-refractivity contribution < 1.29 is 14.3 Å². The van der Waals surface area contributed by atoms with Crippen LogP contribution < -0.4 is 14.8 Å². The molecule has 0 aliphatic carbocycles. The molecular formula is C26H20Cl2N2O3. The first-order valence-corrected chi connectivity index (χ1v) is 11.3. The smallest absolute Gasteiger partial charge is 0.257 e. The van der Waals surface area contributed by atoms with E-state index in [0.29, 0.717) is 39.9 Å². The van der Waals surface area contributed by atoms with Crippen LogP contribution in [0.15, 0.2) is 66.9 Å². The summed E-state index contributed by atoms with van der Waals surface area (Å²) in [6.45, 7) is 0.542. The third kappa shape index (κ3) is 4.10. The van der Waals surface area contributed by atoms with Gasteiger partial charge in [-0.05, 0) is 35.9 Å². The summed E-state index contributed by atoms with van der Waals surface area (Å²) in [7, 11) is 1.55. The van der Waals surface area contributed by atoms with Crippen LogP contribution >= 0.6 is 23.2 Å². The van der Waals surface area contributed by atoms with Gasteiger partial charge in [-0.1, -0.05) is 53.5 Å². The number of hydrogen-bond donors (Lipinski definition) is 1. The number of aromatic nitrogens is 1. The molecule has 7 heteroatoms. The third-order valence-corrected chi connectivity index (χ3v) is 6.17. The Morgan fingerprint density at radius 2 is 1.88 bits per heavy atom. The average Bonchev–Trinajstić information content (AvgIpc) is 2.82. The maximum Gasteiger partial charge on any atom is 0.257 e. The molecule has 4 aromatic rings. The van der Waals surface area contributed by atoms with Gasteiger partial charge in [0.1, 0.15) is 17.1 Å².